The van der Waals surface area contributed by atoms with Crippen LogP contribution in [0.15, 0.2) is 18.2 Å². The molecule has 0 saturated carbocycles. The predicted octanol–water partition coefficient (Wildman–Crippen LogP) is 1.43. The van der Waals surface area contributed by atoms with Crippen molar-refractivity contribution in [2.45, 2.75) is 19.4 Å². The molecule has 0 radical (unpaired) electrons. The highest BCUT2D eigenvalue weighted by atomic mass is 19.1. The van der Waals surface area contributed by atoms with E-state index < -0.39 is 0 Å². The summed E-state index contributed by atoms with van der Waals surface area (Å²) in [5.74, 6) is 0.304. The van der Waals surface area contributed by atoms with E-state index in [1.165, 1.54) is 12.1 Å². The SMILES string of the molecule is CC(N)Cc1cc(F)cc(OCCN2CCOCC2)c1. The molecule has 0 aliphatic carbocycles. The van der Waals surface area contributed by atoms with Gasteiger partial charge in [0.15, 0.2) is 0 Å². The second-order valence-corrected chi connectivity index (χ2v) is 5.28. The molecule has 0 aromatic heterocycles. The van der Waals surface area contributed by atoms with E-state index in [2.05, 4.69) is 4.90 Å². The third kappa shape index (κ3) is 5.07. The summed E-state index contributed by atoms with van der Waals surface area (Å²) in [6.45, 7) is 6.72. The van der Waals surface area contributed by atoms with E-state index in [1.807, 2.05) is 13.0 Å². The summed E-state index contributed by atoms with van der Waals surface area (Å²) in [5, 5.41) is 0. The second kappa shape index (κ2) is 7.57. The van der Waals surface area contributed by atoms with Gasteiger partial charge >= 0.3 is 0 Å². The van der Waals surface area contributed by atoms with Gasteiger partial charge in [0.25, 0.3) is 0 Å². The van der Waals surface area contributed by atoms with E-state index in [1.54, 1.807) is 0 Å². The van der Waals surface area contributed by atoms with Gasteiger partial charge in [0.05, 0.1) is 13.2 Å². The second-order valence-electron chi connectivity index (χ2n) is 5.28. The van der Waals surface area contributed by atoms with Gasteiger partial charge in [-0.1, -0.05) is 0 Å². The number of nitrogens with zero attached hydrogens (tertiary/aromatic N) is 1. The molecule has 1 aliphatic heterocycles. The van der Waals surface area contributed by atoms with Crippen LogP contribution < -0.4 is 10.5 Å². The molecule has 1 aliphatic rings. The highest BCUT2D eigenvalue weighted by Gasteiger charge is 2.10. The summed E-state index contributed by atoms with van der Waals surface area (Å²) in [4.78, 5) is 2.28. The van der Waals surface area contributed by atoms with Crippen LogP contribution in [0.1, 0.15) is 12.5 Å². The smallest absolute Gasteiger partial charge is 0.127 e. The van der Waals surface area contributed by atoms with Crippen molar-refractivity contribution in [3.8, 4) is 5.75 Å². The van der Waals surface area contributed by atoms with Gasteiger partial charge in [0.2, 0.25) is 0 Å². The predicted molar refractivity (Wildman–Crippen MR) is 76.5 cm³/mol. The molecular weight excluding hydrogens is 259 g/mol. The fourth-order valence-electron chi connectivity index (χ4n) is 2.31. The molecule has 4 nitrogen and oxygen atoms in total. The van der Waals surface area contributed by atoms with Crippen LogP contribution in [-0.4, -0.2) is 50.4 Å². The number of morpholine rings is 1. The quantitative estimate of drug-likeness (QED) is 0.857. The molecule has 1 unspecified atom stereocenters. The van der Waals surface area contributed by atoms with E-state index in [4.69, 9.17) is 15.2 Å². The minimum Gasteiger partial charge on any atom is -0.492 e. The zero-order valence-electron chi connectivity index (χ0n) is 12.0. The Hall–Kier alpha value is -1.17. The van der Waals surface area contributed by atoms with Gasteiger partial charge in [-0.25, -0.2) is 4.39 Å². The lowest BCUT2D eigenvalue weighted by Crippen LogP contribution is -2.38. The van der Waals surface area contributed by atoms with E-state index in [0.717, 1.165) is 38.4 Å². The Morgan fingerprint density at radius 2 is 2.10 bits per heavy atom. The third-order valence-electron chi connectivity index (χ3n) is 3.27. The molecule has 0 amide bonds. The molecule has 1 atom stereocenters. The van der Waals surface area contributed by atoms with Gasteiger partial charge in [-0.3, -0.25) is 4.90 Å². The maximum absolute atomic E-state index is 13.5. The number of benzene rings is 1. The Balaban J connectivity index is 1.83. The summed E-state index contributed by atoms with van der Waals surface area (Å²) >= 11 is 0. The van der Waals surface area contributed by atoms with Crippen molar-refractivity contribution in [3.05, 3.63) is 29.6 Å². The topological polar surface area (TPSA) is 47.7 Å². The Morgan fingerprint density at radius 1 is 1.35 bits per heavy atom. The lowest BCUT2D eigenvalue weighted by molar-refractivity contribution is 0.0322. The van der Waals surface area contributed by atoms with Gasteiger partial charge in [0, 0.05) is 31.7 Å². The first-order chi connectivity index (χ1) is 9.63. The summed E-state index contributed by atoms with van der Waals surface area (Å²) in [7, 11) is 0. The highest BCUT2D eigenvalue weighted by molar-refractivity contribution is 5.30. The van der Waals surface area contributed by atoms with Gasteiger partial charge in [0.1, 0.15) is 18.2 Å². The molecule has 0 bridgehead atoms. The van der Waals surface area contributed by atoms with Gasteiger partial charge in [-0.15, -0.1) is 0 Å². The molecule has 1 aromatic rings. The number of rotatable bonds is 6. The summed E-state index contributed by atoms with van der Waals surface area (Å²) in [6.07, 6.45) is 0.650. The molecule has 0 spiro atoms. The Labute approximate surface area is 119 Å². The average Bonchev–Trinajstić information content (AvgIpc) is 2.38. The summed E-state index contributed by atoms with van der Waals surface area (Å²) in [5.41, 5.74) is 6.62. The van der Waals surface area contributed by atoms with Crippen LogP contribution in [0.4, 0.5) is 4.39 Å². The number of halogens is 1. The monoisotopic (exact) mass is 282 g/mol. The van der Waals surface area contributed by atoms with Crippen molar-refractivity contribution in [2.75, 3.05) is 39.5 Å². The van der Waals surface area contributed by atoms with Crippen molar-refractivity contribution in [1.82, 2.24) is 4.90 Å². The Bertz CT molecular complexity index is 420. The number of hydrogen-bond donors (Lipinski definition) is 1. The molecule has 1 aromatic carbocycles. The van der Waals surface area contributed by atoms with Gasteiger partial charge in [-0.2, -0.15) is 0 Å². The molecule has 2 rings (SSSR count). The zero-order valence-corrected chi connectivity index (χ0v) is 12.0. The van der Waals surface area contributed by atoms with Crippen LogP contribution in [0, 0.1) is 5.82 Å². The van der Waals surface area contributed by atoms with Gasteiger partial charge < -0.3 is 15.2 Å². The van der Waals surface area contributed by atoms with Crippen molar-refractivity contribution >= 4 is 0 Å². The highest BCUT2D eigenvalue weighted by Crippen LogP contribution is 2.17. The van der Waals surface area contributed by atoms with E-state index >= 15 is 0 Å². The third-order valence-corrected chi connectivity index (χ3v) is 3.27. The van der Waals surface area contributed by atoms with Gasteiger partial charge in [-0.05, 0) is 31.0 Å². The van der Waals surface area contributed by atoms with Crippen molar-refractivity contribution in [1.29, 1.82) is 0 Å². The van der Waals surface area contributed by atoms with Crippen LogP contribution >= 0.6 is 0 Å². The van der Waals surface area contributed by atoms with Crippen molar-refractivity contribution in [3.63, 3.8) is 0 Å². The van der Waals surface area contributed by atoms with Crippen LogP contribution in [0.2, 0.25) is 0 Å². The maximum atomic E-state index is 13.5. The van der Waals surface area contributed by atoms with Crippen LogP contribution in [0.3, 0.4) is 0 Å². The normalized spacial score (nSPS) is 17.9. The van der Waals surface area contributed by atoms with Crippen LogP contribution in [-0.2, 0) is 11.2 Å². The molecule has 1 fully saturated rings. The van der Waals surface area contributed by atoms with Crippen LogP contribution in [0.5, 0.6) is 5.75 Å². The van der Waals surface area contributed by atoms with E-state index in [-0.39, 0.29) is 11.9 Å². The lowest BCUT2D eigenvalue weighted by atomic mass is 10.1. The molecule has 1 saturated heterocycles. The summed E-state index contributed by atoms with van der Waals surface area (Å²) < 4.78 is 24.4. The number of ether oxygens (including phenoxy) is 2. The van der Waals surface area contributed by atoms with Crippen LogP contribution in [0.25, 0.3) is 0 Å². The standard InChI is InChI=1S/C15H23FN2O2/c1-12(17)8-13-9-14(16)11-15(10-13)20-7-4-18-2-5-19-6-3-18/h9-12H,2-8,17H2,1H3. The largest absolute Gasteiger partial charge is 0.492 e. The molecule has 5 heteroatoms. The van der Waals surface area contributed by atoms with E-state index in [9.17, 15) is 4.39 Å². The molecule has 1 heterocycles. The molecule has 20 heavy (non-hydrogen) atoms. The lowest BCUT2D eigenvalue weighted by Gasteiger charge is -2.26. The average molecular weight is 282 g/mol. The van der Waals surface area contributed by atoms with Crippen molar-refractivity contribution in [2.24, 2.45) is 5.73 Å². The molecule has 112 valence electrons. The van der Waals surface area contributed by atoms with E-state index in [0.29, 0.717) is 18.8 Å². The minimum absolute atomic E-state index is 0.0120. The zero-order chi connectivity index (χ0) is 14.4. The molecular formula is C15H23FN2O2. The fourth-order valence-corrected chi connectivity index (χ4v) is 2.31. The number of nitrogens with two attached hydrogens (primary N) is 1. The maximum Gasteiger partial charge on any atom is 0.127 e. The minimum atomic E-state index is -0.274. The summed E-state index contributed by atoms with van der Waals surface area (Å²) in [6, 6.07) is 4.81. The fraction of sp³-hybridized carbons (Fsp3) is 0.600. The molecule has 2 N–H and O–H groups in total. The first kappa shape index (κ1) is 15.2. The number of hydrogen-bond acceptors (Lipinski definition) is 4. The Morgan fingerprint density at radius 3 is 2.80 bits per heavy atom. The first-order valence-electron chi connectivity index (χ1n) is 7.11. The van der Waals surface area contributed by atoms with Crippen molar-refractivity contribution < 1.29 is 13.9 Å². The first-order valence-corrected chi connectivity index (χ1v) is 7.11. The Kier molecular flexibility index (Phi) is 5.76.